The smallest absolute Gasteiger partial charge is 0.0534 e. The number of benzene rings is 3. The van der Waals surface area contributed by atoms with Gasteiger partial charge in [-0.25, -0.2) is 0 Å². The van der Waals surface area contributed by atoms with Crippen molar-refractivity contribution in [3.8, 4) is 0 Å². The van der Waals surface area contributed by atoms with E-state index in [1.54, 1.807) is 16.7 Å². The molecule has 5 unspecified atom stereocenters. The van der Waals surface area contributed by atoms with Crippen LogP contribution in [0.15, 0.2) is 162 Å². The van der Waals surface area contributed by atoms with Gasteiger partial charge >= 0.3 is 0 Å². The van der Waals surface area contributed by atoms with Gasteiger partial charge in [0.2, 0.25) is 0 Å². The first-order chi connectivity index (χ1) is 24.3. The van der Waals surface area contributed by atoms with Crippen LogP contribution < -0.4 is 0 Å². The Labute approximate surface area is 290 Å². The maximum atomic E-state index is 2.68. The van der Waals surface area contributed by atoms with Crippen LogP contribution >= 0.6 is 0 Å². The van der Waals surface area contributed by atoms with Crippen LogP contribution in [0.5, 0.6) is 0 Å². The predicted molar refractivity (Wildman–Crippen MR) is 206 cm³/mol. The molecular formula is C48H43N. The predicted octanol–water partition coefficient (Wildman–Crippen LogP) is 12.2. The zero-order valence-corrected chi connectivity index (χ0v) is 28.1. The van der Waals surface area contributed by atoms with Crippen LogP contribution in [-0.2, 0) is 0 Å². The van der Waals surface area contributed by atoms with Gasteiger partial charge in [0.15, 0.2) is 0 Å². The number of hydrogen-bond donors (Lipinski definition) is 0. The van der Waals surface area contributed by atoms with Crippen LogP contribution in [0.3, 0.4) is 0 Å². The fourth-order valence-corrected chi connectivity index (χ4v) is 9.94. The molecule has 0 N–H and O–H groups in total. The van der Waals surface area contributed by atoms with Crippen molar-refractivity contribution in [1.29, 1.82) is 0 Å². The third-order valence-corrected chi connectivity index (χ3v) is 12.3. The first-order valence-electron chi connectivity index (χ1n) is 18.6. The van der Waals surface area contributed by atoms with Crippen molar-refractivity contribution in [2.45, 2.75) is 50.4 Å². The third-order valence-electron chi connectivity index (χ3n) is 12.3. The van der Waals surface area contributed by atoms with E-state index in [1.165, 1.54) is 63.8 Å². The van der Waals surface area contributed by atoms with Gasteiger partial charge in [0.1, 0.15) is 0 Å². The molecule has 0 bridgehead atoms. The first kappa shape index (κ1) is 29.1. The van der Waals surface area contributed by atoms with Gasteiger partial charge in [0.05, 0.1) is 11.2 Å². The molecule has 4 aromatic rings. The van der Waals surface area contributed by atoms with Gasteiger partial charge in [-0.3, -0.25) is 0 Å². The molecule has 0 spiro atoms. The minimum absolute atomic E-state index is 0.369. The summed E-state index contributed by atoms with van der Waals surface area (Å²) in [5.41, 5.74) is 14.7. The Bertz CT molecular complexity index is 2190. The number of allylic oxidation sites excluding steroid dienone is 15. The summed E-state index contributed by atoms with van der Waals surface area (Å²) in [5, 5.41) is 1.43. The second-order valence-electron chi connectivity index (χ2n) is 14.9. The lowest BCUT2D eigenvalue weighted by atomic mass is 9.65. The SMILES string of the molecule is C1=CC2=C(CC1)C([C@H]1C=CC(c3ccccc3)CC1)=CC1C=Cc3c(c4ccccc4n3C3=CC4C=CC(c5ccccc5)=CC4CC3)C21. The Morgan fingerprint density at radius 1 is 0.612 bits per heavy atom. The largest absolute Gasteiger partial charge is 0.314 e. The van der Waals surface area contributed by atoms with Gasteiger partial charge in [-0.15, -0.1) is 0 Å². The monoisotopic (exact) mass is 633 g/mol. The molecule has 0 amide bonds. The highest BCUT2D eigenvalue weighted by molar-refractivity contribution is 5.94. The molecule has 0 fully saturated rings. The van der Waals surface area contributed by atoms with Crippen LogP contribution in [0, 0.1) is 23.7 Å². The molecule has 0 aliphatic heterocycles. The summed E-state index contributed by atoms with van der Waals surface area (Å²) in [6.07, 6.45) is 34.6. The maximum Gasteiger partial charge on any atom is 0.0534 e. The van der Waals surface area contributed by atoms with Crippen molar-refractivity contribution in [3.05, 3.63) is 185 Å². The molecule has 1 heterocycles. The van der Waals surface area contributed by atoms with Crippen molar-refractivity contribution in [2.75, 3.05) is 0 Å². The Morgan fingerprint density at radius 2 is 1.39 bits per heavy atom. The second-order valence-corrected chi connectivity index (χ2v) is 14.9. The molecule has 0 saturated carbocycles. The average molecular weight is 634 g/mol. The van der Waals surface area contributed by atoms with Crippen LogP contribution in [0.1, 0.15) is 72.7 Å². The van der Waals surface area contributed by atoms with E-state index in [0.717, 1.165) is 19.3 Å². The van der Waals surface area contributed by atoms with E-state index in [4.69, 9.17) is 0 Å². The zero-order valence-electron chi connectivity index (χ0n) is 28.1. The highest BCUT2D eigenvalue weighted by Gasteiger charge is 2.39. The summed E-state index contributed by atoms with van der Waals surface area (Å²) in [6, 6.07) is 31.2. The second kappa shape index (κ2) is 11.9. The minimum Gasteiger partial charge on any atom is -0.314 e. The maximum absolute atomic E-state index is 2.68. The first-order valence-corrected chi connectivity index (χ1v) is 18.6. The van der Waals surface area contributed by atoms with E-state index in [0.29, 0.717) is 35.5 Å². The van der Waals surface area contributed by atoms with Gasteiger partial charge in [-0.1, -0.05) is 140 Å². The minimum atomic E-state index is 0.369. The number of nitrogens with zero attached hydrogens (tertiary/aromatic N) is 1. The molecule has 6 atom stereocenters. The van der Waals surface area contributed by atoms with E-state index in [2.05, 4.69) is 156 Å². The van der Waals surface area contributed by atoms with Crippen molar-refractivity contribution >= 4 is 28.2 Å². The number of hydrogen-bond acceptors (Lipinski definition) is 0. The molecule has 1 aromatic heterocycles. The lowest BCUT2D eigenvalue weighted by molar-refractivity contribution is 0.493. The number of rotatable bonds is 4. The zero-order chi connectivity index (χ0) is 32.3. The topological polar surface area (TPSA) is 4.93 Å². The molecule has 0 radical (unpaired) electrons. The summed E-state index contributed by atoms with van der Waals surface area (Å²) < 4.78 is 2.64. The standard InChI is InChI=1S/C48H43N/c1-3-11-32(12-4-1)34-19-21-35(22-20-34)44-31-39-26-28-46-48(47(39)42-16-8-7-15-41(42)44)43-17-9-10-18-45(43)49(46)40-27-25-37-29-36(23-24-38(37)30-40)33-13-5-2-6-14-33/h1-6,8-14,16-19,21,23-24,26,28-31,34-35,37-39,47H,7,15,20,22,25,27H2/t34?,35-,37?,38?,39?,47?/m0/s1. The highest BCUT2D eigenvalue weighted by atomic mass is 15.0. The molecule has 1 nitrogen and oxygen atoms in total. The third kappa shape index (κ3) is 4.89. The van der Waals surface area contributed by atoms with Crippen molar-refractivity contribution in [3.63, 3.8) is 0 Å². The van der Waals surface area contributed by atoms with Crippen molar-refractivity contribution in [2.24, 2.45) is 23.7 Å². The van der Waals surface area contributed by atoms with Gasteiger partial charge in [-0.2, -0.15) is 0 Å². The van der Waals surface area contributed by atoms with E-state index >= 15 is 0 Å². The molecule has 1 heteroatoms. The van der Waals surface area contributed by atoms with Gasteiger partial charge < -0.3 is 4.57 Å². The fourth-order valence-electron chi connectivity index (χ4n) is 9.94. The fraction of sp³-hybridized carbons (Fsp3) is 0.250. The molecule has 240 valence electrons. The summed E-state index contributed by atoms with van der Waals surface area (Å²) in [7, 11) is 0. The van der Waals surface area contributed by atoms with E-state index in [1.807, 2.05) is 0 Å². The lowest BCUT2D eigenvalue weighted by Crippen LogP contribution is -2.25. The lowest BCUT2D eigenvalue weighted by Gasteiger charge is -2.39. The number of aromatic nitrogens is 1. The summed E-state index contributed by atoms with van der Waals surface area (Å²) >= 11 is 0. The van der Waals surface area contributed by atoms with Gasteiger partial charge in [-0.05, 0) is 95.6 Å². The Hall–Kier alpha value is -4.88. The number of para-hydroxylation sites is 1. The van der Waals surface area contributed by atoms with E-state index in [-0.39, 0.29) is 0 Å². The van der Waals surface area contributed by atoms with Gasteiger partial charge in [0, 0.05) is 40.7 Å². The van der Waals surface area contributed by atoms with Crippen LogP contribution in [-0.4, -0.2) is 4.57 Å². The normalized spacial score (nSPS) is 28.3. The summed E-state index contributed by atoms with van der Waals surface area (Å²) in [6.45, 7) is 0. The molecule has 3 aromatic carbocycles. The van der Waals surface area contributed by atoms with Crippen LogP contribution in [0.25, 0.3) is 28.2 Å². The molecular weight excluding hydrogens is 591 g/mol. The Kier molecular flexibility index (Phi) is 7.07. The van der Waals surface area contributed by atoms with Crippen LogP contribution in [0.4, 0.5) is 0 Å². The number of fused-ring (bicyclic) bond motifs is 7. The van der Waals surface area contributed by atoms with Crippen molar-refractivity contribution in [1.82, 2.24) is 4.57 Å². The Morgan fingerprint density at radius 3 is 2.24 bits per heavy atom. The average Bonchev–Trinajstić information content (AvgIpc) is 3.52. The van der Waals surface area contributed by atoms with E-state index in [9.17, 15) is 0 Å². The molecule has 10 rings (SSSR count). The summed E-state index contributed by atoms with van der Waals surface area (Å²) in [5.74, 6) is 2.79. The molecule has 49 heavy (non-hydrogen) atoms. The Balaban J connectivity index is 1.02. The summed E-state index contributed by atoms with van der Waals surface area (Å²) in [4.78, 5) is 0. The molecule has 6 aliphatic rings. The quantitative estimate of drug-likeness (QED) is 0.197. The van der Waals surface area contributed by atoms with Gasteiger partial charge in [0.25, 0.3) is 0 Å². The van der Waals surface area contributed by atoms with Crippen molar-refractivity contribution < 1.29 is 0 Å². The van der Waals surface area contributed by atoms with E-state index < -0.39 is 0 Å². The molecule has 0 saturated heterocycles. The van der Waals surface area contributed by atoms with Crippen LogP contribution in [0.2, 0.25) is 0 Å². The highest BCUT2D eigenvalue weighted by Crippen LogP contribution is 2.54. The molecule has 6 aliphatic carbocycles.